The molecule has 47 heavy (non-hydrogen) atoms. The zero-order valence-corrected chi connectivity index (χ0v) is 26.9. The molecule has 0 radical (unpaired) electrons. The normalized spacial score (nSPS) is 29.1. The smallest absolute Gasteiger partial charge is 0.231 e. The SMILES string of the molecule is CC[C@@H](C)C(=O)N[C@@H]1CCCN1C(=O)[C@@H]1[C@@H](c2ccccc2)[C@]2(c3ccc(OC)cc3)Oc3cc4c(c(OC)c3[C@@]1(O)[C@@H]2O)OCO4. The quantitative estimate of drug-likeness (QED) is 0.335. The van der Waals surface area contributed by atoms with Gasteiger partial charge in [-0.2, -0.15) is 0 Å². The highest BCUT2D eigenvalue weighted by atomic mass is 16.7. The lowest BCUT2D eigenvalue weighted by molar-refractivity contribution is -0.167. The van der Waals surface area contributed by atoms with Crippen molar-refractivity contribution in [2.75, 3.05) is 27.6 Å². The molecule has 2 amide bonds. The number of hydrogen-bond donors (Lipinski definition) is 3. The number of carbonyl (C=O) groups is 2. The summed E-state index contributed by atoms with van der Waals surface area (Å²) in [5.41, 5.74) is -2.55. The molecule has 0 unspecified atom stereocenters. The number of benzene rings is 3. The van der Waals surface area contributed by atoms with Crippen molar-refractivity contribution in [1.82, 2.24) is 10.2 Å². The van der Waals surface area contributed by atoms with Crippen LogP contribution >= 0.6 is 0 Å². The van der Waals surface area contributed by atoms with Crippen molar-refractivity contribution in [1.29, 1.82) is 0 Å². The molecule has 1 saturated carbocycles. The van der Waals surface area contributed by atoms with Crippen LogP contribution in [0, 0.1) is 11.8 Å². The van der Waals surface area contributed by atoms with E-state index in [-0.39, 0.29) is 41.4 Å². The Morgan fingerprint density at radius 3 is 2.49 bits per heavy atom. The largest absolute Gasteiger partial charge is 0.497 e. The highest BCUT2D eigenvalue weighted by molar-refractivity contribution is 5.86. The molecule has 2 bridgehead atoms. The fourth-order valence-corrected chi connectivity index (χ4v) is 7.94. The lowest BCUT2D eigenvalue weighted by atomic mass is 9.75. The molecule has 3 heterocycles. The first-order chi connectivity index (χ1) is 22.7. The van der Waals surface area contributed by atoms with Gasteiger partial charge in [0.2, 0.25) is 24.4 Å². The number of carbonyl (C=O) groups excluding carboxylic acids is 2. The van der Waals surface area contributed by atoms with E-state index in [1.54, 1.807) is 42.3 Å². The van der Waals surface area contributed by atoms with Gasteiger partial charge in [-0.05, 0) is 42.5 Å². The van der Waals surface area contributed by atoms with Crippen LogP contribution in [0.1, 0.15) is 55.7 Å². The van der Waals surface area contributed by atoms with Crippen molar-refractivity contribution in [3.8, 4) is 28.7 Å². The van der Waals surface area contributed by atoms with E-state index < -0.39 is 41.2 Å². The van der Waals surface area contributed by atoms with Gasteiger partial charge < -0.3 is 44.1 Å². The molecule has 7 atom stereocenters. The number of methoxy groups -OCH3 is 2. The second kappa shape index (κ2) is 11.6. The van der Waals surface area contributed by atoms with Gasteiger partial charge in [-0.1, -0.05) is 56.3 Å². The van der Waals surface area contributed by atoms with Gasteiger partial charge in [-0.25, -0.2) is 0 Å². The summed E-state index contributed by atoms with van der Waals surface area (Å²) in [6.45, 7) is 4.09. The fourth-order valence-electron chi connectivity index (χ4n) is 7.94. The molecule has 4 aliphatic rings. The maximum atomic E-state index is 15.2. The van der Waals surface area contributed by atoms with Crippen molar-refractivity contribution in [3.05, 3.63) is 77.4 Å². The molecule has 11 heteroatoms. The minimum Gasteiger partial charge on any atom is -0.497 e. The van der Waals surface area contributed by atoms with Crippen LogP contribution in [0.3, 0.4) is 0 Å². The van der Waals surface area contributed by atoms with Crippen LogP contribution in [0.5, 0.6) is 28.7 Å². The van der Waals surface area contributed by atoms with Crippen LogP contribution in [0.15, 0.2) is 60.7 Å². The highest BCUT2D eigenvalue weighted by Crippen LogP contribution is 2.70. The first kappa shape index (κ1) is 31.1. The summed E-state index contributed by atoms with van der Waals surface area (Å²) in [4.78, 5) is 29.9. The third-order valence-corrected chi connectivity index (χ3v) is 10.4. The number of amides is 2. The Morgan fingerprint density at radius 1 is 1.06 bits per heavy atom. The molecular formula is C36H40N2O9. The average Bonchev–Trinajstić information content (AvgIpc) is 3.79. The number of nitrogens with one attached hydrogen (secondary N) is 1. The number of fused-ring (bicyclic) bond motifs is 5. The lowest BCUT2D eigenvalue weighted by Crippen LogP contribution is -2.56. The molecule has 2 fully saturated rings. The Balaban J connectivity index is 1.47. The van der Waals surface area contributed by atoms with Crippen molar-refractivity contribution < 1.29 is 43.5 Å². The molecule has 1 aliphatic carbocycles. The molecule has 1 saturated heterocycles. The van der Waals surface area contributed by atoms with E-state index >= 15 is 4.79 Å². The van der Waals surface area contributed by atoms with Crippen molar-refractivity contribution in [2.24, 2.45) is 11.8 Å². The van der Waals surface area contributed by atoms with E-state index in [2.05, 4.69) is 5.32 Å². The van der Waals surface area contributed by atoms with Gasteiger partial charge in [-0.15, -0.1) is 0 Å². The zero-order chi connectivity index (χ0) is 33.1. The summed E-state index contributed by atoms with van der Waals surface area (Å²) < 4.78 is 29.7. The summed E-state index contributed by atoms with van der Waals surface area (Å²) in [6.07, 6.45) is -0.334. The molecule has 3 N–H and O–H groups in total. The lowest BCUT2D eigenvalue weighted by Gasteiger charge is -2.45. The van der Waals surface area contributed by atoms with E-state index in [0.717, 1.165) is 0 Å². The summed E-state index contributed by atoms with van der Waals surface area (Å²) >= 11 is 0. The Hall–Kier alpha value is -4.48. The summed E-state index contributed by atoms with van der Waals surface area (Å²) in [5, 5.41) is 29.0. The van der Waals surface area contributed by atoms with Crippen LogP contribution in [0.2, 0.25) is 0 Å². The van der Waals surface area contributed by atoms with Gasteiger partial charge in [0, 0.05) is 24.4 Å². The zero-order valence-electron chi connectivity index (χ0n) is 26.9. The second-order valence-electron chi connectivity index (χ2n) is 12.7. The first-order valence-corrected chi connectivity index (χ1v) is 16.1. The number of aliphatic hydroxyl groups is 2. The molecular weight excluding hydrogens is 604 g/mol. The standard InChI is InChI=1S/C36H40N2O9/c1-5-20(2)32(39)37-26-12-9-17-38(26)33(40)29-27(21-10-7-6-8-11-21)36(22-13-15-23(43-3)16-14-22)34(41)35(29,42)28-24(47-36)18-25-30(31(28)44-4)46-19-45-25/h6-8,10-11,13-16,18,20,26-27,29,34,41-42H,5,9,12,17,19H2,1-4H3,(H,37,39)/t20-,26+,27-,29+,34+,35+,36+/m1/s1. The third kappa shape index (κ3) is 4.46. The molecule has 7 rings (SSSR count). The van der Waals surface area contributed by atoms with Crippen LogP contribution in [0.4, 0.5) is 0 Å². The maximum Gasteiger partial charge on any atom is 0.231 e. The van der Waals surface area contributed by atoms with Crippen LogP contribution in [-0.2, 0) is 20.8 Å². The van der Waals surface area contributed by atoms with Crippen LogP contribution in [0.25, 0.3) is 0 Å². The van der Waals surface area contributed by atoms with Crippen molar-refractivity contribution in [2.45, 2.75) is 62.5 Å². The van der Waals surface area contributed by atoms with Gasteiger partial charge >= 0.3 is 0 Å². The molecule has 248 valence electrons. The minimum absolute atomic E-state index is 0.0699. The summed E-state index contributed by atoms with van der Waals surface area (Å²) in [5.74, 6) is -1.44. The number of aliphatic hydroxyl groups excluding tert-OH is 1. The molecule has 3 aromatic rings. The van der Waals surface area contributed by atoms with Crippen molar-refractivity contribution >= 4 is 11.8 Å². The Kier molecular flexibility index (Phi) is 7.71. The highest BCUT2D eigenvalue weighted by Gasteiger charge is 2.77. The molecule has 3 aliphatic heterocycles. The van der Waals surface area contributed by atoms with E-state index in [4.69, 9.17) is 23.7 Å². The third-order valence-electron chi connectivity index (χ3n) is 10.4. The summed E-state index contributed by atoms with van der Waals surface area (Å²) in [6, 6.07) is 18.0. The Labute approximate surface area is 273 Å². The summed E-state index contributed by atoms with van der Waals surface area (Å²) in [7, 11) is 2.99. The van der Waals surface area contributed by atoms with Gasteiger partial charge in [0.1, 0.15) is 29.4 Å². The number of rotatable bonds is 8. The number of nitrogens with zero attached hydrogens (tertiary/aromatic N) is 1. The number of likely N-dealkylation sites (tertiary alicyclic amines) is 1. The van der Waals surface area contributed by atoms with E-state index in [0.29, 0.717) is 48.4 Å². The minimum atomic E-state index is -2.23. The Morgan fingerprint density at radius 2 is 1.81 bits per heavy atom. The van der Waals surface area contributed by atoms with Gasteiger partial charge in [-0.3, -0.25) is 9.59 Å². The van der Waals surface area contributed by atoms with Gasteiger partial charge in [0.05, 0.1) is 25.7 Å². The molecule has 0 aromatic heterocycles. The van der Waals surface area contributed by atoms with Gasteiger partial charge in [0.15, 0.2) is 17.1 Å². The van der Waals surface area contributed by atoms with Gasteiger partial charge in [0.25, 0.3) is 0 Å². The predicted molar refractivity (Wildman–Crippen MR) is 169 cm³/mol. The number of hydrogen-bond acceptors (Lipinski definition) is 9. The molecule has 0 spiro atoms. The predicted octanol–water partition coefficient (Wildman–Crippen LogP) is 3.79. The van der Waals surface area contributed by atoms with Crippen molar-refractivity contribution in [3.63, 3.8) is 0 Å². The first-order valence-electron chi connectivity index (χ1n) is 16.1. The second-order valence-corrected chi connectivity index (χ2v) is 12.7. The van der Waals surface area contributed by atoms with E-state index in [1.807, 2.05) is 44.2 Å². The monoisotopic (exact) mass is 644 g/mol. The number of ether oxygens (including phenoxy) is 5. The van der Waals surface area contributed by atoms with Crippen LogP contribution in [-0.4, -0.2) is 66.8 Å². The molecule has 11 nitrogen and oxygen atoms in total. The Bertz CT molecular complexity index is 1680. The topological polar surface area (TPSA) is 136 Å². The average molecular weight is 645 g/mol. The maximum absolute atomic E-state index is 15.2. The van der Waals surface area contributed by atoms with Crippen LogP contribution < -0.4 is 29.0 Å². The van der Waals surface area contributed by atoms with E-state index in [9.17, 15) is 15.0 Å². The fraction of sp³-hybridized carbons (Fsp3) is 0.444. The molecule has 3 aromatic carbocycles. The van der Waals surface area contributed by atoms with E-state index in [1.165, 1.54) is 7.11 Å².